The Balaban J connectivity index is 4.02. The Morgan fingerprint density at radius 1 is 1.62 bits per heavy atom. The smallest absolute Gasteiger partial charge is 0.408 e. The van der Waals surface area contributed by atoms with Gasteiger partial charge in [-0.15, -0.1) is 12.3 Å². The fourth-order valence-corrected chi connectivity index (χ4v) is 0.984. The minimum absolute atomic E-state index is 0.0442. The zero-order valence-corrected chi connectivity index (χ0v) is 8.94. The van der Waals surface area contributed by atoms with Gasteiger partial charge in [0.1, 0.15) is 12.6 Å². The number of carboxylic acid groups (broad SMARTS) is 1. The van der Waals surface area contributed by atoms with Crippen molar-refractivity contribution in [2.75, 3.05) is 6.61 Å². The standard InChI is InChI=1S/C11H15NO4/c1-3-5-6-7-9(10(13)14)12-11(15)16-8-4-2/h1,4,9H,2,5-8H2,(H,12,15)(H,13,14). The van der Waals surface area contributed by atoms with Crippen LogP contribution >= 0.6 is 0 Å². The molecule has 0 radical (unpaired) electrons. The van der Waals surface area contributed by atoms with Crippen molar-refractivity contribution in [2.24, 2.45) is 0 Å². The van der Waals surface area contributed by atoms with Crippen LogP contribution in [0.5, 0.6) is 0 Å². The highest BCUT2D eigenvalue weighted by atomic mass is 16.5. The van der Waals surface area contributed by atoms with E-state index in [0.29, 0.717) is 12.8 Å². The number of hydrogen-bond acceptors (Lipinski definition) is 3. The summed E-state index contributed by atoms with van der Waals surface area (Å²) in [5.74, 6) is 1.30. The highest BCUT2D eigenvalue weighted by molar-refractivity contribution is 5.79. The van der Waals surface area contributed by atoms with Crippen LogP contribution in [0.2, 0.25) is 0 Å². The molecule has 1 atom stereocenters. The van der Waals surface area contributed by atoms with Crippen LogP contribution in [0, 0.1) is 12.3 Å². The Morgan fingerprint density at radius 3 is 2.81 bits per heavy atom. The van der Waals surface area contributed by atoms with Crippen molar-refractivity contribution in [3.8, 4) is 12.3 Å². The van der Waals surface area contributed by atoms with E-state index in [1.54, 1.807) is 0 Å². The number of rotatable bonds is 7. The third-order valence-electron chi connectivity index (χ3n) is 1.74. The molecule has 5 heteroatoms. The van der Waals surface area contributed by atoms with Gasteiger partial charge < -0.3 is 15.2 Å². The lowest BCUT2D eigenvalue weighted by Crippen LogP contribution is -2.41. The first-order chi connectivity index (χ1) is 7.61. The molecule has 0 aliphatic heterocycles. The lowest BCUT2D eigenvalue weighted by Gasteiger charge is -2.13. The zero-order valence-electron chi connectivity index (χ0n) is 8.94. The van der Waals surface area contributed by atoms with E-state index in [9.17, 15) is 9.59 Å². The number of carboxylic acids is 1. The molecule has 5 nitrogen and oxygen atoms in total. The van der Waals surface area contributed by atoms with Gasteiger partial charge in [0.05, 0.1) is 0 Å². The third kappa shape index (κ3) is 6.49. The van der Waals surface area contributed by atoms with E-state index < -0.39 is 18.1 Å². The zero-order chi connectivity index (χ0) is 12.4. The molecule has 0 rings (SSSR count). The van der Waals surface area contributed by atoms with Gasteiger partial charge in [-0.2, -0.15) is 0 Å². The molecular formula is C11H15NO4. The van der Waals surface area contributed by atoms with Crippen molar-refractivity contribution in [1.82, 2.24) is 5.32 Å². The fourth-order valence-electron chi connectivity index (χ4n) is 0.984. The molecule has 1 amide bonds. The number of amides is 1. The van der Waals surface area contributed by atoms with Crippen LogP contribution in [-0.4, -0.2) is 29.8 Å². The van der Waals surface area contributed by atoms with Crippen LogP contribution in [0.3, 0.4) is 0 Å². The van der Waals surface area contributed by atoms with Gasteiger partial charge in [-0.25, -0.2) is 9.59 Å². The minimum atomic E-state index is -1.10. The highest BCUT2D eigenvalue weighted by Gasteiger charge is 2.19. The second-order valence-corrected chi connectivity index (χ2v) is 3.02. The number of terminal acetylenes is 1. The van der Waals surface area contributed by atoms with Gasteiger partial charge in [-0.05, 0) is 12.8 Å². The number of carbonyl (C=O) groups excluding carboxylic acids is 1. The first-order valence-electron chi connectivity index (χ1n) is 4.82. The molecule has 0 heterocycles. The molecule has 0 aromatic rings. The summed E-state index contributed by atoms with van der Waals surface area (Å²) in [4.78, 5) is 21.8. The molecule has 0 aliphatic rings. The predicted molar refractivity (Wildman–Crippen MR) is 58.8 cm³/mol. The predicted octanol–water partition coefficient (Wildman–Crippen LogP) is 1.16. The van der Waals surface area contributed by atoms with E-state index in [-0.39, 0.29) is 13.0 Å². The van der Waals surface area contributed by atoms with Gasteiger partial charge in [-0.1, -0.05) is 12.7 Å². The largest absolute Gasteiger partial charge is 0.480 e. The number of unbranched alkanes of at least 4 members (excludes halogenated alkanes) is 1. The normalized spacial score (nSPS) is 10.9. The lowest BCUT2D eigenvalue weighted by atomic mass is 10.1. The molecule has 0 saturated carbocycles. The summed E-state index contributed by atoms with van der Waals surface area (Å²) < 4.78 is 4.61. The van der Waals surface area contributed by atoms with E-state index in [4.69, 9.17) is 11.5 Å². The van der Waals surface area contributed by atoms with Crippen LogP contribution in [-0.2, 0) is 9.53 Å². The van der Waals surface area contributed by atoms with E-state index in [1.165, 1.54) is 6.08 Å². The molecule has 0 aromatic heterocycles. The van der Waals surface area contributed by atoms with E-state index in [0.717, 1.165) is 0 Å². The van der Waals surface area contributed by atoms with E-state index in [2.05, 4.69) is 22.6 Å². The molecular weight excluding hydrogens is 210 g/mol. The number of ether oxygens (including phenoxy) is 1. The first kappa shape index (κ1) is 14.0. The van der Waals surface area contributed by atoms with Crippen LogP contribution in [0.4, 0.5) is 4.79 Å². The summed E-state index contributed by atoms with van der Waals surface area (Å²) in [6.07, 6.45) is 6.96. The Kier molecular flexibility index (Phi) is 7.33. The number of aliphatic carboxylic acids is 1. The van der Waals surface area contributed by atoms with Gasteiger partial charge in [0.25, 0.3) is 0 Å². The second kappa shape index (κ2) is 8.36. The maximum absolute atomic E-state index is 11.1. The summed E-state index contributed by atoms with van der Waals surface area (Å²) >= 11 is 0. The summed E-state index contributed by atoms with van der Waals surface area (Å²) in [7, 11) is 0. The minimum Gasteiger partial charge on any atom is -0.480 e. The quantitative estimate of drug-likeness (QED) is 0.387. The molecule has 16 heavy (non-hydrogen) atoms. The summed E-state index contributed by atoms with van der Waals surface area (Å²) in [5, 5.41) is 11.0. The van der Waals surface area contributed by atoms with Gasteiger partial charge in [0.15, 0.2) is 0 Å². The van der Waals surface area contributed by atoms with Crippen LogP contribution < -0.4 is 5.32 Å². The van der Waals surface area contributed by atoms with Gasteiger partial charge in [-0.3, -0.25) is 0 Å². The highest BCUT2D eigenvalue weighted by Crippen LogP contribution is 2.01. The number of carbonyl (C=O) groups is 2. The van der Waals surface area contributed by atoms with Crippen molar-refractivity contribution in [2.45, 2.75) is 25.3 Å². The molecule has 0 aromatic carbocycles. The van der Waals surface area contributed by atoms with Crippen molar-refractivity contribution in [1.29, 1.82) is 0 Å². The lowest BCUT2D eigenvalue weighted by molar-refractivity contribution is -0.139. The van der Waals surface area contributed by atoms with Crippen LogP contribution in [0.15, 0.2) is 12.7 Å². The SMILES string of the molecule is C#CCCCC(NC(=O)OCC=C)C(=O)O. The van der Waals surface area contributed by atoms with Gasteiger partial charge in [0, 0.05) is 6.42 Å². The second-order valence-electron chi connectivity index (χ2n) is 3.02. The van der Waals surface area contributed by atoms with Crippen molar-refractivity contribution >= 4 is 12.1 Å². The average Bonchev–Trinajstić information content (AvgIpc) is 2.25. The Hall–Kier alpha value is -1.96. The maximum atomic E-state index is 11.1. The maximum Gasteiger partial charge on any atom is 0.408 e. The number of hydrogen-bond donors (Lipinski definition) is 2. The summed E-state index contributed by atoms with van der Waals surface area (Å²) in [6, 6.07) is -0.967. The molecule has 1 unspecified atom stereocenters. The molecule has 0 saturated heterocycles. The molecule has 88 valence electrons. The number of nitrogens with one attached hydrogen (secondary N) is 1. The van der Waals surface area contributed by atoms with Crippen molar-refractivity contribution in [3.63, 3.8) is 0 Å². The van der Waals surface area contributed by atoms with Gasteiger partial charge >= 0.3 is 12.1 Å². The monoisotopic (exact) mass is 225 g/mol. The summed E-state index contributed by atoms with van der Waals surface area (Å²) in [5.41, 5.74) is 0. The first-order valence-corrected chi connectivity index (χ1v) is 4.82. The molecule has 0 spiro atoms. The average molecular weight is 225 g/mol. The number of alkyl carbamates (subject to hydrolysis) is 1. The molecule has 2 N–H and O–H groups in total. The summed E-state index contributed by atoms with van der Waals surface area (Å²) in [6.45, 7) is 3.41. The van der Waals surface area contributed by atoms with Gasteiger partial charge in [0.2, 0.25) is 0 Å². The molecule has 0 bridgehead atoms. The Labute approximate surface area is 94.5 Å². The van der Waals surface area contributed by atoms with Crippen molar-refractivity contribution < 1.29 is 19.4 Å². The Bertz CT molecular complexity index is 293. The van der Waals surface area contributed by atoms with E-state index in [1.807, 2.05) is 0 Å². The molecule has 0 aliphatic carbocycles. The topological polar surface area (TPSA) is 75.6 Å². The van der Waals surface area contributed by atoms with E-state index >= 15 is 0 Å². The van der Waals surface area contributed by atoms with Crippen LogP contribution in [0.25, 0.3) is 0 Å². The fraction of sp³-hybridized carbons (Fsp3) is 0.455. The Morgan fingerprint density at radius 2 is 2.31 bits per heavy atom. The third-order valence-corrected chi connectivity index (χ3v) is 1.74. The van der Waals surface area contributed by atoms with Crippen molar-refractivity contribution in [3.05, 3.63) is 12.7 Å². The molecule has 0 fully saturated rings. The van der Waals surface area contributed by atoms with Crippen LogP contribution in [0.1, 0.15) is 19.3 Å².